The quantitative estimate of drug-likeness (QED) is 0.542. The molecule has 0 aromatic heterocycles. The molecule has 0 bridgehead atoms. The second-order valence-electron chi connectivity index (χ2n) is 8.36. The van der Waals surface area contributed by atoms with Gasteiger partial charge in [0.05, 0.1) is 16.9 Å². The lowest BCUT2D eigenvalue weighted by Gasteiger charge is -2.50. The van der Waals surface area contributed by atoms with Gasteiger partial charge in [0, 0.05) is 67.7 Å². The number of carbonyl (C=O) groups excluding carboxylic acids is 1. The maximum absolute atomic E-state index is 13.6. The number of nitrogens with zero attached hydrogens (tertiary/aromatic N) is 4. The van der Waals surface area contributed by atoms with Gasteiger partial charge in [0.1, 0.15) is 0 Å². The van der Waals surface area contributed by atoms with E-state index in [1.165, 1.54) is 5.69 Å². The molecule has 2 fully saturated rings. The van der Waals surface area contributed by atoms with E-state index >= 15 is 0 Å². The van der Waals surface area contributed by atoms with Crippen molar-refractivity contribution < 1.29 is 9.72 Å². The van der Waals surface area contributed by atoms with E-state index in [2.05, 4.69) is 21.9 Å². The average Bonchev–Trinajstić information content (AvgIpc) is 2.83. The van der Waals surface area contributed by atoms with Crippen LogP contribution >= 0.6 is 11.8 Å². The molecule has 2 aromatic carbocycles. The zero-order chi connectivity index (χ0) is 21.4. The first kappa shape index (κ1) is 20.2. The first-order valence-corrected chi connectivity index (χ1v) is 12.0. The van der Waals surface area contributed by atoms with Crippen LogP contribution < -0.4 is 9.80 Å². The van der Waals surface area contributed by atoms with Gasteiger partial charge in [-0.2, -0.15) is 11.8 Å². The maximum atomic E-state index is 13.6. The topological polar surface area (TPSA) is 69.9 Å². The summed E-state index contributed by atoms with van der Waals surface area (Å²) in [6.07, 6.45) is 0.559. The van der Waals surface area contributed by atoms with Crippen LogP contribution in [0.2, 0.25) is 0 Å². The van der Waals surface area contributed by atoms with Crippen LogP contribution in [0.4, 0.5) is 17.1 Å². The summed E-state index contributed by atoms with van der Waals surface area (Å²) >= 11 is 1.89. The van der Waals surface area contributed by atoms with Gasteiger partial charge in [-0.05, 0) is 30.2 Å². The fourth-order valence-corrected chi connectivity index (χ4v) is 6.00. The predicted molar refractivity (Wildman–Crippen MR) is 124 cm³/mol. The van der Waals surface area contributed by atoms with Gasteiger partial charge in [-0.15, -0.1) is 0 Å². The zero-order valence-corrected chi connectivity index (χ0v) is 18.2. The minimum atomic E-state index is -0.349. The highest BCUT2D eigenvalue weighted by Gasteiger charge is 2.43. The van der Waals surface area contributed by atoms with Gasteiger partial charge in [0.2, 0.25) is 5.91 Å². The molecule has 0 aliphatic carbocycles. The van der Waals surface area contributed by atoms with Gasteiger partial charge in [-0.3, -0.25) is 14.9 Å². The van der Waals surface area contributed by atoms with Crippen LogP contribution in [0, 0.1) is 16.0 Å². The highest BCUT2D eigenvalue weighted by Crippen LogP contribution is 2.39. The highest BCUT2D eigenvalue weighted by molar-refractivity contribution is 7.99. The van der Waals surface area contributed by atoms with E-state index in [4.69, 9.17) is 0 Å². The lowest BCUT2D eigenvalue weighted by atomic mass is 9.82. The van der Waals surface area contributed by atoms with E-state index < -0.39 is 0 Å². The summed E-state index contributed by atoms with van der Waals surface area (Å²) < 4.78 is 0. The third kappa shape index (κ3) is 3.84. The lowest BCUT2D eigenvalue weighted by Crippen LogP contribution is -2.62. The van der Waals surface area contributed by atoms with Crippen molar-refractivity contribution in [2.24, 2.45) is 5.92 Å². The molecule has 0 unspecified atom stereocenters. The number of para-hydroxylation sites is 1. The minimum absolute atomic E-state index is 0.0602. The zero-order valence-electron chi connectivity index (χ0n) is 17.4. The molecular weight excluding hydrogens is 412 g/mol. The van der Waals surface area contributed by atoms with Crippen LogP contribution in [0.25, 0.3) is 0 Å². The van der Waals surface area contributed by atoms with Crippen LogP contribution in [0.1, 0.15) is 5.56 Å². The Kier molecular flexibility index (Phi) is 5.48. The molecule has 3 heterocycles. The van der Waals surface area contributed by atoms with Crippen molar-refractivity contribution in [2.75, 3.05) is 54.0 Å². The molecule has 2 atom stereocenters. The van der Waals surface area contributed by atoms with E-state index in [0.29, 0.717) is 6.42 Å². The number of fused-ring (bicyclic) bond motifs is 3. The Balaban J connectivity index is 1.49. The fourth-order valence-electron chi connectivity index (χ4n) is 5.10. The van der Waals surface area contributed by atoms with Crippen LogP contribution in [-0.2, 0) is 11.2 Å². The summed E-state index contributed by atoms with van der Waals surface area (Å²) in [5.41, 5.74) is 3.24. The van der Waals surface area contributed by atoms with Crippen molar-refractivity contribution in [3.8, 4) is 0 Å². The molecule has 0 saturated carbocycles. The maximum Gasteiger partial charge on any atom is 0.269 e. The Hall–Kier alpha value is -2.74. The van der Waals surface area contributed by atoms with Crippen molar-refractivity contribution in [1.29, 1.82) is 0 Å². The van der Waals surface area contributed by atoms with Gasteiger partial charge in [-0.1, -0.05) is 18.2 Å². The van der Waals surface area contributed by atoms with Crippen molar-refractivity contribution in [3.05, 3.63) is 64.2 Å². The number of hydrogen-bond donors (Lipinski definition) is 0. The number of amides is 1. The Morgan fingerprint density at radius 1 is 1.03 bits per heavy atom. The normalized spacial score (nSPS) is 23.2. The van der Waals surface area contributed by atoms with Gasteiger partial charge >= 0.3 is 0 Å². The molecule has 162 valence electrons. The summed E-state index contributed by atoms with van der Waals surface area (Å²) in [7, 11) is 0. The summed E-state index contributed by atoms with van der Waals surface area (Å²) in [5.74, 6) is 1.96. The lowest BCUT2D eigenvalue weighted by molar-refractivity contribution is -0.384. The Labute approximate surface area is 186 Å². The van der Waals surface area contributed by atoms with Gasteiger partial charge < -0.3 is 14.7 Å². The number of hydrogen-bond acceptors (Lipinski definition) is 6. The molecule has 0 spiro atoms. The largest absolute Gasteiger partial charge is 0.368 e. The van der Waals surface area contributed by atoms with Gasteiger partial charge in [0.15, 0.2) is 0 Å². The van der Waals surface area contributed by atoms with E-state index in [-0.39, 0.29) is 28.5 Å². The number of thioether (sulfide) groups is 1. The molecule has 5 rings (SSSR count). The second-order valence-corrected chi connectivity index (χ2v) is 9.59. The van der Waals surface area contributed by atoms with Crippen LogP contribution in [0.15, 0.2) is 48.5 Å². The van der Waals surface area contributed by atoms with Crippen molar-refractivity contribution >= 4 is 34.7 Å². The second kappa shape index (κ2) is 8.42. The van der Waals surface area contributed by atoms with E-state index in [1.54, 1.807) is 12.1 Å². The molecule has 3 aliphatic rings. The monoisotopic (exact) mass is 438 g/mol. The molecule has 2 aromatic rings. The Bertz CT molecular complexity index is 980. The molecule has 0 N–H and O–H groups in total. The number of benzene rings is 2. The Morgan fingerprint density at radius 3 is 2.55 bits per heavy atom. The number of carbonyl (C=O) groups is 1. The van der Waals surface area contributed by atoms with Crippen molar-refractivity contribution in [3.63, 3.8) is 0 Å². The third-order valence-electron chi connectivity index (χ3n) is 6.67. The van der Waals surface area contributed by atoms with Crippen molar-refractivity contribution in [1.82, 2.24) is 4.90 Å². The molecule has 31 heavy (non-hydrogen) atoms. The first-order valence-electron chi connectivity index (χ1n) is 10.8. The summed E-state index contributed by atoms with van der Waals surface area (Å²) in [5, 5.41) is 11.3. The third-order valence-corrected chi connectivity index (χ3v) is 7.61. The number of nitro groups is 1. The molecule has 7 nitrogen and oxygen atoms in total. The summed E-state index contributed by atoms with van der Waals surface area (Å²) in [6, 6.07) is 15.5. The van der Waals surface area contributed by atoms with E-state index in [1.807, 2.05) is 40.9 Å². The molecule has 3 aliphatic heterocycles. The molecule has 1 amide bonds. The summed E-state index contributed by atoms with van der Waals surface area (Å²) in [6.45, 7) is 4.01. The Morgan fingerprint density at radius 2 is 1.81 bits per heavy atom. The van der Waals surface area contributed by atoms with E-state index in [9.17, 15) is 14.9 Å². The molecule has 2 saturated heterocycles. The number of non-ortho nitro benzene ring substituents is 1. The smallest absolute Gasteiger partial charge is 0.269 e. The molecule has 8 heteroatoms. The number of piperazine rings is 1. The van der Waals surface area contributed by atoms with E-state index in [0.717, 1.165) is 55.5 Å². The highest BCUT2D eigenvalue weighted by atomic mass is 32.2. The molecule has 0 radical (unpaired) electrons. The van der Waals surface area contributed by atoms with Gasteiger partial charge in [0.25, 0.3) is 5.69 Å². The SMILES string of the molecule is O=C([C@H]1Cc2cc([N+](=O)[O-])ccc2N2CCN(c3ccccc3)C[C@@H]12)N1CCSCC1. The van der Waals surface area contributed by atoms with Crippen LogP contribution in [-0.4, -0.2) is 66.0 Å². The number of anilines is 2. The summed E-state index contributed by atoms with van der Waals surface area (Å²) in [4.78, 5) is 31.3. The number of nitro benzene ring substituents is 1. The van der Waals surface area contributed by atoms with Crippen LogP contribution in [0.5, 0.6) is 0 Å². The predicted octanol–water partition coefficient (Wildman–Crippen LogP) is 3.04. The van der Waals surface area contributed by atoms with Crippen molar-refractivity contribution in [2.45, 2.75) is 12.5 Å². The van der Waals surface area contributed by atoms with Crippen LogP contribution in [0.3, 0.4) is 0 Å². The number of rotatable bonds is 3. The average molecular weight is 439 g/mol. The molecular formula is C23H26N4O3S. The minimum Gasteiger partial charge on any atom is -0.368 e. The van der Waals surface area contributed by atoms with Gasteiger partial charge in [-0.25, -0.2) is 0 Å². The fraction of sp³-hybridized carbons (Fsp3) is 0.435. The first-order chi connectivity index (χ1) is 15.1. The standard InChI is InChI=1S/C23H26N4O3S/c28-23(24-10-12-31-13-11-24)20-15-17-14-19(27(29)30)6-7-21(17)26-9-8-25(16-22(20)26)18-4-2-1-3-5-18/h1-7,14,20,22H,8-13,15-16H2/t20-,22-/m0/s1.